The Morgan fingerprint density at radius 3 is 2.48 bits per heavy atom. The van der Waals surface area contributed by atoms with Crippen molar-refractivity contribution in [2.75, 3.05) is 0 Å². The van der Waals surface area contributed by atoms with Crippen LogP contribution in [0.25, 0.3) is 0 Å². The van der Waals surface area contributed by atoms with E-state index in [1.165, 1.54) is 22.3 Å². The maximum absolute atomic E-state index is 3.46. The molecule has 2 aromatic carbocycles. The number of hydrogen-bond acceptors (Lipinski definition) is 0. The molecule has 0 N–H and O–H groups in total. The van der Waals surface area contributed by atoms with Crippen LogP contribution in [0.3, 0.4) is 0 Å². The molecule has 0 spiro atoms. The molecule has 0 aliphatic heterocycles. The second kappa shape index (κ2) is 7.52. The van der Waals surface area contributed by atoms with Crippen LogP contribution in [0, 0.1) is 19.1 Å². The first-order valence-electron chi connectivity index (χ1n) is 6.85. The summed E-state index contributed by atoms with van der Waals surface area (Å²) >= 11 is 0. The van der Waals surface area contributed by atoms with Gasteiger partial charge in [-0.2, -0.15) is 36.4 Å². The maximum Gasteiger partial charge on any atom is 2.00 e. The molecule has 1 unspecified atom stereocenters. The van der Waals surface area contributed by atoms with Crippen molar-refractivity contribution in [3.05, 3.63) is 107 Å². The first-order valence-corrected chi connectivity index (χ1v) is 6.85. The minimum absolute atomic E-state index is 0. The average Bonchev–Trinajstić information content (AvgIpc) is 2.87. The summed E-state index contributed by atoms with van der Waals surface area (Å²) < 4.78 is 0. The van der Waals surface area contributed by atoms with Crippen LogP contribution < -0.4 is 0 Å². The van der Waals surface area contributed by atoms with Gasteiger partial charge in [-0.15, -0.1) is 47.1 Å². The summed E-state index contributed by atoms with van der Waals surface area (Å²) in [6, 6.07) is 19.1. The number of hydrogen-bond donors (Lipinski definition) is 0. The SMILES string of the molecule is Cc1ccc2c(c1)[C-]=C1C=CC=CC12.[Zr+2].[c-]1ccccc1. The van der Waals surface area contributed by atoms with Crippen molar-refractivity contribution in [3.8, 4) is 0 Å². The standard InChI is InChI=1S/C14H11.C6H5.Zr/c1-10-6-7-14-12(8-10)9-11-4-2-3-5-13(11)14;1-2-4-6-5-3-1;/h2-8,13H,1H3;1-5H;/q2*-1;+2. The molecule has 0 saturated carbocycles. The molecule has 0 bridgehead atoms. The van der Waals surface area contributed by atoms with Gasteiger partial charge in [-0.05, 0) is 12.8 Å². The van der Waals surface area contributed by atoms with Crippen molar-refractivity contribution in [1.82, 2.24) is 0 Å². The van der Waals surface area contributed by atoms with Crippen LogP contribution in [-0.4, -0.2) is 0 Å². The Morgan fingerprint density at radius 1 is 1.00 bits per heavy atom. The summed E-state index contributed by atoms with van der Waals surface area (Å²) in [6.07, 6.45) is 12.0. The molecule has 4 rings (SSSR count). The largest absolute Gasteiger partial charge is 2.00 e. The number of rotatable bonds is 0. The number of fused-ring (bicyclic) bond motifs is 3. The average molecular weight is 348 g/mol. The zero-order valence-corrected chi connectivity index (χ0v) is 14.5. The van der Waals surface area contributed by atoms with Gasteiger partial charge in [0.05, 0.1) is 0 Å². The van der Waals surface area contributed by atoms with Crippen LogP contribution >= 0.6 is 0 Å². The Kier molecular flexibility index (Phi) is 5.70. The van der Waals surface area contributed by atoms with Gasteiger partial charge in [0.25, 0.3) is 0 Å². The zero-order valence-electron chi connectivity index (χ0n) is 12.0. The number of aryl methyl sites for hydroxylation is 1. The topological polar surface area (TPSA) is 0 Å². The van der Waals surface area contributed by atoms with E-state index in [1.54, 1.807) is 0 Å². The molecule has 0 heterocycles. The summed E-state index contributed by atoms with van der Waals surface area (Å²) in [7, 11) is 0. The Labute approximate surface area is 146 Å². The van der Waals surface area contributed by atoms with E-state index in [4.69, 9.17) is 0 Å². The first-order chi connectivity index (χ1) is 9.84. The molecule has 2 aromatic rings. The molecule has 0 nitrogen and oxygen atoms in total. The van der Waals surface area contributed by atoms with Crippen LogP contribution in [0.1, 0.15) is 22.6 Å². The van der Waals surface area contributed by atoms with Gasteiger partial charge in [0, 0.05) is 0 Å². The van der Waals surface area contributed by atoms with Gasteiger partial charge in [0.15, 0.2) is 0 Å². The number of benzene rings is 2. The van der Waals surface area contributed by atoms with Crippen molar-refractivity contribution >= 4 is 0 Å². The van der Waals surface area contributed by atoms with Crippen molar-refractivity contribution in [2.24, 2.45) is 0 Å². The molecular formula is C20H16Zr. The van der Waals surface area contributed by atoms with E-state index in [2.05, 4.69) is 61.6 Å². The molecule has 0 fully saturated rings. The zero-order chi connectivity index (χ0) is 13.8. The van der Waals surface area contributed by atoms with Gasteiger partial charge in [-0.25, -0.2) is 0 Å². The van der Waals surface area contributed by atoms with E-state index < -0.39 is 0 Å². The Hall–Kier alpha value is -1.46. The van der Waals surface area contributed by atoms with Crippen LogP contribution in [0.4, 0.5) is 0 Å². The van der Waals surface area contributed by atoms with Crippen molar-refractivity contribution in [1.29, 1.82) is 0 Å². The van der Waals surface area contributed by atoms with Crippen molar-refractivity contribution in [2.45, 2.75) is 12.8 Å². The van der Waals surface area contributed by atoms with Crippen LogP contribution in [0.15, 0.2) is 78.4 Å². The molecule has 2 aliphatic rings. The van der Waals surface area contributed by atoms with Crippen molar-refractivity contribution in [3.63, 3.8) is 0 Å². The van der Waals surface area contributed by atoms with E-state index >= 15 is 0 Å². The minimum atomic E-state index is 0. The smallest absolute Gasteiger partial charge is 0.184 e. The summed E-state index contributed by atoms with van der Waals surface area (Å²) in [5.74, 6) is 0.454. The summed E-state index contributed by atoms with van der Waals surface area (Å²) in [4.78, 5) is 0. The fourth-order valence-electron chi connectivity index (χ4n) is 2.48. The van der Waals surface area contributed by atoms with Gasteiger partial charge >= 0.3 is 26.2 Å². The normalized spacial score (nSPS) is 16.8. The van der Waals surface area contributed by atoms with Gasteiger partial charge < -0.3 is 0 Å². The molecule has 1 heteroatoms. The quantitative estimate of drug-likeness (QED) is 0.602. The third kappa shape index (κ3) is 3.80. The fraction of sp³-hybridized carbons (Fsp3) is 0.100. The monoisotopic (exact) mass is 346 g/mol. The van der Waals surface area contributed by atoms with Gasteiger partial charge in [0.1, 0.15) is 0 Å². The summed E-state index contributed by atoms with van der Waals surface area (Å²) in [5, 5.41) is 0. The van der Waals surface area contributed by atoms with E-state index in [9.17, 15) is 0 Å². The first kappa shape index (κ1) is 15.9. The molecule has 0 radical (unpaired) electrons. The predicted molar refractivity (Wildman–Crippen MR) is 83.3 cm³/mol. The fourth-order valence-corrected chi connectivity index (χ4v) is 2.48. The molecule has 100 valence electrons. The van der Waals surface area contributed by atoms with Gasteiger partial charge in [-0.3, -0.25) is 0 Å². The summed E-state index contributed by atoms with van der Waals surface area (Å²) in [5.41, 5.74) is 5.27. The minimum Gasteiger partial charge on any atom is -0.184 e. The van der Waals surface area contributed by atoms with E-state index in [0.29, 0.717) is 5.92 Å². The molecule has 0 saturated heterocycles. The number of allylic oxidation sites excluding steroid dienone is 5. The maximum atomic E-state index is 3.46. The van der Waals surface area contributed by atoms with Crippen LogP contribution in [-0.2, 0) is 26.2 Å². The van der Waals surface area contributed by atoms with Crippen LogP contribution in [0.5, 0.6) is 0 Å². The van der Waals surface area contributed by atoms with Gasteiger partial charge in [0.2, 0.25) is 0 Å². The third-order valence-corrected chi connectivity index (χ3v) is 3.46. The Morgan fingerprint density at radius 2 is 1.81 bits per heavy atom. The molecule has 0 aromatic heterocycles. The second-order valence-electron chi connectivity index (χ2n) is 4.97. The van der Waals surface area contributed by atoms with E-state index in [-0.39, 0.29) is 26.2 Å². The third-order valence-electron chi connectivity index (χ3n) is 3.46. The molecular weight excluding hydrogens is 331 g/mol. The van der Waals surface area contributed by atoms with E-state index in [1.807, 2.05) is 30.3 Å². The predicted octanol–water partition coefficient (Wildman–Crippen LogP) is 4.78. The summed E-state index contributed by atoms with van der Waals surface area (Å²) in [6.45, 7) is 2.13. The second-order valence-corrected chi connectivity index (χ2v) is 4.97. The molecule has 1 atom stereocenters. The van der Waals surface area contributed by atoms with Gasteiger partial charge in [-0.1, -0.05) is 23.8 Å². The van der Waals surface area contributed by atoms with Crippen molar-refractivity contribution < 1.29 is 26.2 Å². The molecule has 0 amide bonds. The van der Waals surface area contributed by atoms with Crippen LogP contribution in [0.2, 0.25) is 0 Å². The molecule has 21 heavy (non-hydrogen) atoms. The molecule has 2 aliphatic carbocycles. The Balaban J connectivity index is 0.000000197. The van der Waals surface area contributed by atoms with E-state index in [0.717, 1.165) is 0 Å². The Bertz CT molecular complexity index is 652.